The molecule has 40 heavy (non-hydrogen) atoms. The highest BCUT2D eigenvalue weighted by atomic mass is 28.4. The molecule has 0 heterocycles. The number of hydrogen-bond acceptors (Lipinski definition) is 10. The van der Waals surface area contributed by atoms with E-state index in [2.05, 4.69) is 39.2 Å². The molecular weight excluding hydrogens is 542 g/mol. The van der Waals surface area contributed by atoms with E-state index >= 15 is 0 Å². The summed E-state index contributed by atoms with van der Waals surface area (Å²) in [7, 11) is -1.70. The second-order valence-corrected chi connectivity index (χ2v) is 15.3. The summed E-state index contributed by atoms with van der Waals surface area (Å²) in [6, 6.07) is 0. The minimum atomic E-state index is -1.70. The van der Waals surface area contributed by atoms with Crippen LogP contribution in [0.1, 0.15) is 40.0 Å². The van der Waals surface area contributed by atoms with Gasteiger partial charge in [-0.3, -0.25) is 9.59 Å². The van der Waals surface area contributed by atoms with E-state index in [-0.39, 0.29) is 23.8 Å². The highest BCUT2D eigenvalue weighted by molar-refractivity contribution is 6.74. The molecule has 0 aliphatic rings. The van der Waals surface area contributed by atoms with Gasteiger partial charge in [-0.2, -0.15) is 0 Å². The van der Waals surface area contributed by atoms with Crippen LogP contribution in [0, 0.1) is 0 Å². The summed E-state index contributed by atoms with van der Waals surface area (Å²) >= 11 is 0. The van der Waals surface area contributed by atoms with Crippen LogP contribution < -0.4 is 5.32 Å². The zero-order valence-electron chi connectivity index (χ0n) is 25.5. The molecule has 1 amide bonds. The van der Waals surface area contributed by atoms with Crippen LogP contribution in [-0.4, -0.2) is 131 Å². The third-order valence-corrected chi connectivity index (χ3v) is 10.6. The lowest BCUT2D eigenvalue weighted by molar-refractivity contribution is -0.138. The lowest BCUT2D eigenvalue weighted by atomic mass is 10.2. The van der Waals surface area contributed by atoms with Crippen molar-refractivity contribution in [2.75, 3.05) is 106 Å². The van der Waals surface area contributed by atoms with E-state index in [4.69, 9.17) is 42.7 Å². The Balaban J connectivity index is 3.19. The van der Waals surface area contributed by atoms with Gasteiger partial charge >= 0.3 is 5.97 Å². The summed E-state index contributed by atoms with van der Waals surface area (Å²) < 4.78 is 44.3. The van der Waals surface area contributed by atoms with Crippen molar-refractivity contribution in [1.82, 2.24) is 5.32 Å². The third-order valence-electron chi connectivity index (χ3n) is 6.08. The van der Waals surface area contributed by atoms with E-state index in [1.165, 1.54) is 0 Å². The highest BCUT2D eigenvalue weighted by Gasteiger charge is 2.36. The van der Waals surface area contributed by atoms with Crippen LogP contribution in [0.3, 0.4) is 0 Å². The number of ether oxygens (including phenoxy) is 7. The Hall–Kier alpha value is -1.16. The van der Waals surface area contributed by atoms with Gasteiger partial charge in [-0.05, 0) is 24.6 Å². The predicted molar refractivity (Wildman–Crippen MR) is 153 cm³/mol. The van der Waals surface area contributed by atoms with Gasteiger partial charge in [0.05, 0.1) is 98.9 Å². The highest BCUT2D eigenvalue weighted by Crippen LogP contribution is 2.36. The average Bonchev–Trinajstić information content (AvgIpc) is 2.88. The Morgan fingerprint density at radius 2 is 0.950 bits per heavy atom. The zero-order chi connectivity index (χ0) is 30.0. The predicted octanol–water partition coefficient (Wildman–Crippen LogP) is 2.50. The van der Waals surface area contributed by atoms with E-state index < -0.39 is 14.3 Å². The lowest BCUT2D eigenvalue weighted by Gasteiger charge is -2.36. The van der Waals surface area contributed by atoms with Crippen molar-refractivity contribution in [3.05, 3.63) is 0 Å². The number of carboxylic acids is 1. The monoisotopic (exact) mass is 597 g/mol. The summed E-state index contributed by atoms with van der Waals surface area (Å²) in [6.45, 7) is 19.3. The Morgan fingerprint density at radius 1 is 0.600 bits per heavy atom. The van der Waals surface area contributed by atoms with Crippen molar-refractivity contribution in [2.45, 2.75) is 58.2 Å². The number of nitrogens with one attached hydrogen (secondary N) is 1. The van der Waals surface area contributed by atoms with Gasteiger partial charge in [0.15, 0.2) is 8.32 Å². The molecule has 0 spiro atoms. The topological polar surface area (TPSA) is 140 Å². The van der Waals surface area contributed by atoms with Crippen molar-refractivity contribution < 1.29 is 52.3 Å². The number of carbonyl (C=O) groups excluding carboxylic acids is 1. The van der Waals surface area contributed by atoms with Crippen LogP contribution >= 0.6 is 0 Å². The first-order valence-corrected chi connectivity index (χ1v) is 17.1. The van der Waals surface area contributed by atoms with Crippen molar-refractivity contribution >= 4 is 20.2 Å². The number of aliphatic carboxylic acids is 1. The summed E-state index contributed by atoms with van der Waals surface area (Å²) in [5, 5.41) is 11.4. The molecule has 2 N–H and O–H groups in total. The first kappa shape index (κ1) is 38.8. The summed E-state index contributed by atoms with van der Waals surface area (Å²) in [5.74, 6) is -1.24. The number of hydrogen-bond donors (Lipinski definition) is 2. The van der Waals surface area contributed by atoms with Gasteiger partial charge in [-0.25, -0.2) is 0 Å². The largest absolute Gasteiger partial charge is 0.481 e. The number of carboxylic acid groups (broad SMARTS) is 1. The molecule has 0 unspecified atom stereocenters. The second kappa shape index (κ2) is 25.5. The smallest absolute Gasteiger partial charge is 0.303 e. The van der Waals surface area contributed by atoms with E-state index in [0.717, 1.165) is 0 Å². The normalized spacial score (nSPS) is 12.1. The van der Waals surface area contributed by atoms with E-state index in [1.54, 1.807) is 0 Å². The third kappa shape index (κ3) is 25.8. The molecule has 12 nitrogen and oxygen atoms in total. The molecule has 0 aromatic heterocycles. The Morgan fingerprint density at radius 3 is 1.30 bits per heavy atom. The summed E-state index contributed by atoms with van der Waals surface area (Å²) in [6.07, 6.45) is 0.495. The van der Waals surface area contributed by atoms with E-state index in [1.807, 2.05) is 0 Å². The first-order valence-electron chi connectivity index (χ1n) is 14.2. The molecule has 0 aromatic carbocycles. The molecule has 0 atom stereocenters. The fraction of sp³-hybridized carbons (Fsp3) is 0.926. The molecule has 0 bridgehead atoms. The average molecular weight is 598 g/mol. The van der Waals surface area contributed by atoms with Crippen molar-refractivity contribution in [3.8, 4) is 0 Å². The zero-order valence-corrected chi connectivity index (χ0v) is 26.5. The van der Waals surface area contributed by atoms with Gasteiger partial charge < -0.3 is 48.0 Å². The Bertz CT molecular complexity index is 618. The van der Waals surface area contributed by atoms with Gasteiger partial charge in [0.25, 0.3) is 0 Å². The molecule has 0 saturated carbocycles. The van der Waals surface area contributed by atoms with Crippen LogP contribution in [0.25, 0.3) is 0 Å². The minimum Gasteiger partial charge on any atom is -0.481 e. The van der Waals surface area contributed by atoms with Gasteiger partial charge in [-0.1, -0.05) is 20.8 Å². The fourth-order valence-electron chi connectivity index (χ4n) is 2.70. The lowest BCUT2D eigenvalue weighted by Crippen LogP contribution is -2.41. The Kier molecular flexibility index (Phi) is 24.8. The van der Waals surface area contributed by atoms with Crippen LogP contribution in [0.4, 0.5) is 0 Å². The molecule has 0 aliphatic heterocycles. The van der Waals surface area contributed by atoms with Crippen LogP contribution in [0.5, 0.6) is 0 Å². The van der Waals surface area contributed by atoms with Crippen LogP contribution in [0.15, 0.2) is 0 Å². The minimum absolute atomic E-state index is 0.00473. The SMILES string of the molecule is CC(C)(C)[Si](C)(C)OCCOCCOCCOCCOCCOCCOCCOCCCNC(=O)CCC(=O)O. The molecule has 0 rings (SSSR count). The summed E-state index contributed by atoms with van der Waals surface area (Å²) in [4.78, 5) is 21.7. The van der Waals surface area contributed by atoms with E-state index in [0.29, 0.717) is 112 Å². The molecule has 13 heteroatoms. The van der Waals surface area contributed by atoms with Gasteiger partial charge in [-0.15, -0.1) is 0 Å². The van der Waals surface area contributed by atoms with Crippen molar-refractivity contribution in [3.63, 3.8) is 0 Å². The maximum Gasteiger partial charge on any atom is 0.303 e. The fourth-order valence-corrected chi connectivity index (χ4v) is 3.73. The number of rotatable bonds is 29. The summed E-state index contributed by atoms with van der Waals surface area (Å²) in [5.41, 5.74) is 0. The van der Waals surface area contributed by atoms with Crippen LogP contribution in [-0.2, 0) is 47.2 Å². The van der Waals surface area contributed by atoms with Crippen molar-refractivity contribution in [2.24, 2.45) is 0 Å². The van der Waals surface area contributed by atoms with Gasteiger partial charge in [0, 0.05) is 19.6 Å². The standard InChI is InChI=1S/C27H55NO11Si/c1-27(2,3)40(4,5)39-24-23-38-22-21-37-20-19-36-18-17-35-16-15-34-14-13-33-12-11-32-10-6-9-28-25(29)7-8-26(30)31/h6-24H2,1-5H3,(H,28,29)(H,30,31). The molecule has 0 saturated heterocycles. The quantitative estimate of drug-likeness (QED) is 0.0971. The maximum absolute atomic E-state index is 11.3. The van der Waals surface area contributed by atoms with Crippen LogP contribution in [0.2, 0.25) is 18.1 Å². The number of amides is 1. The van der Waals surface area contributed by atoms with Gasteiger partial charge in [0.2, 0.25) is 5.91 Å². The molecular formula is C27H55NO11Si. The second-order valence-electron chi connectivity index (χ2n) is 10.5. The maximum atomic E-state index is 11.3. The van der Waals surface area contributed by atoms with Crippen molar-refractivity contribution in [1.29, 1.82) is 0 Å². The van der Waals surface area contributed by atoms with Gasteiger partial charge in [0.1, 0.15) is 0 Å². The molecule has 238 valence electrons. The first-order chi connectivity index (χ1) is 19.1. The number of carbonyl (C=O) groups is 2. The van der Waals surface area contributed by atoms with E-state index in [9.17, 15) is 9.59 Å². The Labute approximate surface area is 241 Å². The molecule has 0 fully saturated rings. The molecule has 0 radical (unpaired) electrons. The molecule has 0 aromatic rings. The molecule has 0 aliphatic carbocycles.